The molecule has 0 radical (unpaired) electrons. The molecule has 168 valence electrons. The molecule has 0 aromatic heterocycles. The summed E-state index contributed by atoms with van der Waals surface area (Å²) in [4.78, 5) is 14.4. The highest BCUT2D eigenvalue weighted by atomic mass is 32.2. The van der Waals surface area contributed by atoms with Gasteiger partial charge in [0, 0.05) is 31.7 Å². The Balaban J connectivity index is 1.73. The molecule has 1 aliphatic heterocycles. The fraction of sp³-hybridized carbons (Fsp3) is 0.409. The summed E-state index contributed by atoms with van der Waals surface area (Å²) in [6, 6.07) is 12.0. The summed E-state index contributed by atoms with van der Waals surface area (Å²) in [6.45, 7) is -0.288. The van der Waals surface area contributed by atoms with Crippen LogP contribution >= 0.6 is 0 Å². The molecule has 1 fully saturated rings. The first-order chi connectivity index (χ1) is 14.7. The van der Waals surface area contributed by atoms with Crippen LogP contribution < -0.4 is 4.74 Å². The van der Waals surface area contributed by atoms with Gasteiger partial charge in [0.25, 0.3) is 5.91 Å². The third-order valence-corrected chi connectivity index (χ3v) is 7.35. The summed E-state index contributed by atoms with van der Waals surface area (Å²) >= 11 is 0. The first kappa shape index (κ1) is 23.1. The average molecular weight is 453 g/mol. The van der Waals surface area contributed by atoms with Gasteiger partial charge in [-0.2, -0.15) is 13.1 Å². The molecule has 1 heterocycles. The van der Waals surface area contributed by atoms with E-state index in [0.717, 1.165) is 24.8 Å². The van der Waals surface area contributed by atoms with Crippen molar-refractivity contribution in [3.05, 3.63) is 59.7 Å². The van der Waals surface area contributed by atoms with E-state index in [2.05, 4.69) is 4.74 Å². The molecule has 2 aromatic carbocycles. The predicted molar refractivity (Wildman–Crippen MR) is 113 cm³/mol. The Labute approximate surface area is 181 Å². The quantitative estimate of drug-likeness (QED) is 0.634. The molecular weight excluding hydrogens is 426 g/mol. The number of carbonyl (C=O) groups excluding carboxylic acids is 1. The van der Waals surface area contributed by atoms with Gasteiger partial charge in [-0.3, -0.25) is 4.79 Å². The van der Waals surface area contributed by atoms with Crippen molar-refractivity contribution in [3.63, 3.8) is 0 Å². The van der Waals surface area contributed by atoms with Gasteiger partial charge in [-0.15, -0.1) is 0 Å². The van der Waals surface area contributed by atoms with E-state index in [1.165, 1.54) is 33.5 Å². The lowest BCUT2D eigenvalue weighted by Crippen LogP contribution is -2.42. The van der Waals surface area contributed by atoms with Crippen LogP contribution in [0.3, 0.4) is 0 Å². The Hall–Kier alpha value is -2.52. The minimum absolute atomic E-state index is 0.0394. The second kappa shape index (κ2) is 9.74. The van der Waals surface area contributed by atoms with Gasteiger partial charge < -0.3 is 9.64 Å². The van der Waals surface area contributed by atoms with Crippen molar-refractivity contribution in [2.24, 2.45) is 0 Å². The van der Waals surface area contributed by atoms with Crippen molar-refractivity contribution in [1.29, 1.82) is 0 Å². The highest BCUT2D eigenvalue weighted by molar-refractivity contribution is 7.89. The highest BCUT2D eigenvalue weighted by Gasteiger charge is 2.31. The minimum Gasteiger partial charge on any atom is -0.435 e. The molecule has 1 amide bonds. The van der Waals surface area contributed by atoms with Crippen LogP contribution in [0.1, 0.15) is 42.1 Å². The van der Waals surface area contributed by atoms with E-state index in [1.54, 1.807) is 31.3 Å². The second-order valence-corrected chi connectivity index (χ2v) is 9.56. The number of benzene rings is 2. The molecule has 2 aromatic rings. The number of hydrogen-bond donors (Lipinski definition) is 0. The van der Waals surface area contributed by atoms with E-state index >= 15 is 0 Å². The van der Waals surface area contributed by atoms with Gasteiger partial charge >= 0.3 is 6.61 Å². The Bertz CT molecular complexity index is 1010. The molecule has 9 heteroatoms. The Morgan fingerprint density at radius 2 is 1.90 bits per heavy atom. The topological polar surface area (TPSA) is 66.9 Å². The minimum atomic E-state index is -3.68. The van der Waals surface area contributed by atoms with Gasteiger partial charge in [0.2, 0.25) is 10.0 Å². The van der Waals surface area contributed by atoms with Crippen LogP contribution in [0, 0.1) is 0 Å². The normalized spacial score (nSPS) is 17.5. The van der Waals surface area contributed by atoms with Gasteiger partial charge in [0.05, 0.1) is 4.90 Å². The summed E-state index contributed by atoms with van der Waals surface area (Å²) in [5.74, 6) is -0.297. The number of halogens is 2. The van der Waals surface area contributed by atoms with Crippen molar-refractivity contribution in [2.45, 2.75) is 50.3 Å². The lowest BCUT2D eigenvalue weighted by molar-refractivity contribution is -0.0498. The molecule has 0 aliphatic carbocycles. The zero-order valence-electron chi connectivity index (χ0n) is 17.5. The maximum atomic E-state index is 13.1. The number of ether oxygens (including phenoxy) is 1. The number of nitrogens with zero attached hydrogens (tertiary/aromatic N) is 2. The molecule has 0 bridgehead atoms. The molecular formula is C22H26F2N2O4S. The number of rotatable bonds is 7. The monoisotopic (exact) mass is 452 g/mol. The van der Waals surface area contributed by atoms with Crippen molar-refractivity contribution < 1.29 is 26.7 Å². The van der Waals surface area contributed by atoms with Crippen LogP contribution in [0.4, 0.5) is 8.78 Å². The summed E-state index contributed by atoms with van der Waals surface area (Å²) in [5, 5.41) is 0. The van der Waals surface area contributed by atoms with Crippen LogP contribution in [0.5, 0.6) is 5.75 Å². The first-order valence-electron chi connectivity index (χ1n) is 10.1. The Kier molecular flexibility index (Phi) is 7.27. The van der Waals surface area contributed by atoms with Gasteiger partial charge in [0.15, 0.2) is 0 Å². The molecule has 1 atom stereocenters. The fourth-order valence-electron chi connectivity index (χ4n) is 3.70. The lowest BCUT2D eigenvalue weighted by Gasteiger charge is -2.32. The number of hydrogen-bond acceptors (Lipinski definition) is 4. The maximum absolute atomic E-state index is 13.1. The molecule has 0 N–H and O–H groups in total. The molecule has 0 spiro atoms. The zero-order valence-corrected chi connectivity index (χ0v) is 18.3. The molecule has 3 rings (SSSR count). The number of alkyl halides is 2. The van der Waals surface area contributed by atoms with Crippen LogP contribution in [-0.2, 0) is 16.6 Å². The summed E-state index contributed by atoms with van der Waals surface area (Å²) < 4.78 is 56.5. The van der Waals surface area contributed by atoms with Crippen molar-refractivity contribution in [2.75, 3.05) is 13.6 Å². The van der Waals surface area contributed by atoms with Gasteiger partial charge in [0.1, 0.15) is 5.75 Å². The highest BCUT2D eigenvalue weighted by Crippen LogP contribution is 2.26. The second-order valence-electron chi connectivity index (χ2n) is 7.67. The molecule has 1 aliphatic rings. The third-order valence-electron chi connectivity index (χ3n) is 5.34. The number of sulfonamides is 1. The number of carbonyl (C=O) groups is 1. The summed E-state index contributed by atoms with van der Waals surface area (Å²) in [6.07, 6.45) is 2.65. The van der Waals surface area contributed by atoms with E-state index in [1.807, 2.05) is 6.92 Å². The molecule has 0 saturated carbocycles. The summed E-state index contributed by atoms with van der Waals surface area (Å²) in [5.41, 5.74) is 0.995. The van der Waals surface area contributed by atoms with Crippen molar-refractivity contribution in [3.8, 4) is 5.75 Å². The predicted octanol–water partition coefficient (Wildman–Crippen LogP) is 4.12. The van der Waals surface area contributed by atoms with Crippen molar-refractivity contribution in [1.82, 2.24) is 9.21 Å². The largest absolute Gasteiger partial charge is 0.435 e. The van der Waals surface area contributed by atoms with E-state index in [9.17, 15) is 22.0 Å². The molecule has 1 saturated heterocycles. The number of amides is 1. The maximum Gasteiger partial charge on any atom is 0.387 e. The van der Waals surface area contributed by atoms with Gasteiger partial charge in [-0.05, 0) is 55.7 Å². The molecule has 1 unspecified atom stereocenters. The van der Waals surface area contributed by atoms with Crippen LogP contribution in [-0.4, -0.2) is 49.8 Å². The SMILES string of the molecule is CC1CCCCN1S(=O)(=O)c1cccc(C(=O)N(C)Cc2ccc(OC(F)F)cc2)c1. The van der Waals surface area contributed by atoms with Crippen LogP contribution in [0.25, 0.3) is 0 Å². The Morgan fingerprint density at radius 1 is 1.19 bits per heavy atom. The van der Waals surface area contributed by atoms with E-state index < -0.39 is 16.6 Å². The summed E-state index contributed by atoms with van der Waals surface area (Å²) in [7, 11) is -2.08. The Morgan fingerprint density at radius 3 is 2.55 bits per heavy atom. The van der Waals surface area contributed by atoms with E-state index in [-0.39, 0.29) is 34.7 Å². The average Bonchev–Trinajstić information content (AvgIpc) is 2.74. The lowest BCUT2D eigenvalue weighted by atomic mass is 10.1. The van der Waals surface area contributed by atoms with Gasteiger partial charge in [-0.25, -0.2) is 8.42 Å². The van der Waals surface area contributed by atoms with Crippen LogP contribution in [0.15, 0.2) is 53.4 Å². The van der Waals surface area contributed by atoms with Crippen LogP contribution in [0.2, 0.25) is 0 Å². The van der Waals surface area contributed by atoms with Crippen molar-refractivity contribution >= 4 is 15.9 Å². The zero-order chi connectivity index (χ0) is 22.6. The van der Waals surface area contributed by atoms with E-state index in [4.69, 9.17) is 0 Å². The smallest absolute Gasteiger partial charge is 0.387 e. The fourth-order valence-corrected chi connectivity index (χ4v) is 5.44. The van der Waals surface area contributed by atoms with Gasteiger partial charge in [-0.1, -0.05) is 24.6 Å². The standard InChI is InChI=1S/C22H26F2N2O4S/c1-16-6-3-4-13-26(16)31(28,29)20-8-5-7-18(14-20)21(27)25(2)15-17-9-11-19(12-10-17)30-22(23)24/h5,7-12,14,16,22H,3-4,6,13,15H2,1-2H3. The molecule has 6 nitrogen and oxygen atoms in total. The third kappa shape index (κ3) is 5.59. The van der Waals surface area contributed by atoms with E-state index in [0.29, 0.717) is 6.54 Å². The first-order valence-corrected chi connectivity index (χ1v) is 11.5. The number of piperidine rings is 1. The molecule has 31 heavy (non-hydrogen) atoms.